The summed E-state index contributed by atoms with van der Waals surface area (Å²) in [6, 6.07) is 0. The maximum Gasteiger partial charge on any atom is -0.00494 e. The molecule has 0 rings (SSSR count). The Kier molecular flexibility index (Phi) is 9.56. The number of nitrogens with one attached hydrogen (secondary N) is 1. The first-order valence-electron chi connectivity index (χ1n) is 5.56. The lowest BCUT2D eigenvalue weighted by Crippen LogP contribution is -2.11. The van der Waals surface area contributed by atoms with Gasteiger partial charge in [0, 0.05) is 0 Å². The first-order chi connectivity index (χ1) is 6.31. The van der Waals surface area contributed by atoms with Gasteiger partial charge < -0.3 is 5.32 Å². The van der Waals surface area contributed by atoms with E-state index in [1.54, 1.807) is 0 Å². The van der Waals surface area contributed by atoms with Gasteiger partial charge in [-0.05, 0) is 38.8 Å². The summed E-state index contributed by atoms with van der Waals surface area (Å²) in [5, 5.41) is 3.20. The minimum absolute atomic E-state index is 0.885. The highest BCUT2D eigenvalue weighted by molar-refractivity contribution is 4.65. The quantitative estimate of drug-likeness (QED) is 0.427. The minimum atomic E-state index is 0.885. The van der Waals surface area contributed by atoms with Gasteiger partial charge in [-0.15, -0.1) is 6.58 Å². The van der Waals surface area contributed by atoms with Crippen LogP contribution < -0.4 is 5.32 Å². The van der Waals surface area contributed by atoms with E-state index >= 15 is 0 Å². The standard InChI is InChI=1S/C12H25N/c1-4-5-6-7-8-9-12(2)10-11-13-3/h4,12-13H,1,5-11H2,2-3H3. The summed E-state index contributed by atoms with van der Waals surface area (Å²) in [5.41, 5.74) is 0. The lowest BCUT2D eigenvalue weighted by atomic mass is 9.99. The summed E-state index contributed by atoms with van der Waals surface area (Å²) in [6.45, 7) is 7.24. The molecule has 0 spiro atoms. The van der Waals surface area contributed by atoms with Gasteiger partial charge in [0.15, 0.2) is 0 Å². The van der Waals surface area contributed by atoms with E-state index in [2.05, 4.69) is 18.8 Å². The molecule has 0 aromatic carbocycles. The molecule has 0 amide bonds. The fourth-order valence-corrected chi connectivity index (χ4v) is 1.49. The Labute approximate surface area is 83.6 Å². The number of rotatable bonds is 9. The minimum Gasteiger partial charge on any atom is -0.320 e. The van der Waals surface area contributed by atoms with Crippen LogP contribution >= 0.6 is 0 Å². The zero-order chi connectivity index (χ0) is 9.94. The van der Waals surface area contributed by atoms with Crippen LogP contribution in [0.2, 0.25) is 0 Å². The van der Waals surface area contributed by atoms with E-state index in [-0.39, 0.29) is 0 Å². The lowest BCUT2D eigenvalue weighted by Gasteiger charge is -2.09. The van der Waals surface area contributed by atoms with Crippen molar-refractivity contribution in [2.75, 3.05) is 13.6 Å². The van der Waals surface area contributed by atoms with E-state index in [0.29, 0.717) is 0 Å². The van der Waals surface area contributed by atoms with E-state index in [1.807, 2.05) is 13.1 Å². The van der Waals surface area contributed by atoms with Crippen LogP contribution in [0.4, 0.5) is 0 Å². The summed E-state index contributed by atoms with van der Waals surface area (Å²) in [6.07, 6.45) is 9.99. The van der Waals surface area contributed by atoms with Crippen LogP contribution in [0.15, 0.2) is 12.7 Å². The molecule has 0 bridgehead atoms. The highest BCUT2D eigenvalue weighted by Crippen LogP contribution is 2.12. The van der Waals surface area contributed by atoms with Crippen molar-refractivity contribution in [1.82, 2.24) is 5.32 Å². The van der Waals surface area contributed by atoms with Gasteiger partial charge in [0.2, 0.25) is 0 Å². The molecule has 0 aromatic heterocycles. The van der Waals surface area contributed by atoms with Crippen molar-refractivity contribution in [2.24, 2.45) is 5.92 Å². The highest BCUT2D eigenvalue weighted by atomic mass is 14.8. The normalized spacial score (nSPS) is 12.8. The average Bonchev–Trinajstić information content (AvgIpc) is 2.14. The summed E-state index contributed by atoms with van der Waals surface area (Å²) in [4.78, 5) is 0. The SMILES string of the molecule is C=CCCCCCC(C)CCNC. The van der Waals surface area contributed by atoms with Gasteiger partial charge >= 0.3 is 0 Å². The molecule has 0 aromatic rings. The van der Waals surface area contributed by atoms with Gasteiger partial charge in [0.25, 0.3) is 0 Å². The van der Waals surface area contributed by atoms with Crippen molar-refractivity contribution in [3.63, 3.8) is 0 Å². The van der Waals surface area contributed by atoms with Crippen LogP contribution in [0.5, 0.6) is 0 Å². The van der Waals surface area contributed by atoms with Crippen LogP contribution in [0, 0.1) is 5.92 Å². The molecule has 0 aliphatic heterocycles. The zero-order valence-corrected chi connectivity index (χ0v) is 9.31. The number of unbranched alkanes of at least 4 members (excludes halogenated alkanes) is 3. The third-order valence-corrected chi connectivity index (χ3v) is 2.49. The molecule has 1 nitrogen and oxygen atoms in total. The Morgan fingerprint density at radius 3 is 2.62 bits per heavy atom. The maximum absolute atomic E-state index is 3.73. The highest BCUT2D eigenvalue weighted by Gasteiger charge is 2.00. The van der Waals surface area contributed by atoms with Crippen molar-refractivity contribution < 1.29 is 0 Å². The molecular weight excluding hydrogens is 158 g/mol. The molecule has 0 radical (unpaired) electrons. The van der Waals surface area contributed by atoms with Crippen molar-refractivity contribution in [3.8, 4) is 0 Å². The second-order valence-electron chi connectivity index (χ2n) is 3.92. The predicted octanol–water partition coefficient (Wildman–Crippen LogP) is 3.37. The Morgan fingerprint density at radius 2 is 2.00 bits per heavy atom. The van der Waals surface area contributed by atoms with Crippen LogP contribution in [-0.2, 0) is 0 Å². The van der Waals surface area contributed by atoms with Gasteiger partial charge in [-0.25, -0.2) is 0 Å². The Bertz CT molecular complexity index is 110. The van der Waals surface area contributed by atoms with Crippen molar-refractivity contribution in [3.05, 3.63) is 12.7 Å². The molecule has 0 aliphatic rings. The van der Waals surface area contributed by atoms with E-state index in [4.69, 9.17) is 0 Å². The van der Waals surface area contributed by atoms with E-state index in [9.17, 15) is 0 Å². The topological polar surface area (TPSA) is 12.0 Å². The smallest absolute Gasteiger partial charge is 0.00494 e. The molecule has 0 saturated carbocycles. The molecule has 0 aliphatic carbocycles. The first kappa shape index (κ1) is 12.7. The molecule has 0 fully saturated rings. The van der Waals surface area contributed by atoms with E-state index < -0.39 is 0 Å². The van der Waals surface area contributed by atoms with Gasteiger partial charge in [-0.1, -0.05) is 32.3 Å². The monoisotopic (exact) mass is 183 g/mol. The summed E-state index contributed by atoms with van der Waals surface area (Å²) < 4.78 is 0. The molecule has 1 heteroatoms. The number of allylic oxidation sites excluding steroid dienone is 1. The Morgan fingerprint density at radius 1 is 1.23 bits per heavy atom. The molecule has 1 N–H and O–H groups in total. The fourth-order valence-electron chi connectivity index (χ4n) is 1.49. The Hall–Kier alpha value is -0.300. The maximum atomic E-state index is 3.73. The largest absolute Gasteiger partial charge is 0.320 e. The second kappa shape index (κ2) is 9.79. The van der Waals surface area contributed by atoms with Crippen LogP contribution in [0.25, 0.3) is 0 Å². The fraction of sp³-hybridized carbons (Fsp3) is 0.833. The second-order valence-corrected chi connectivity index (χ2v) is 3.92. The van der Waals surface area contributed by atoms with Gasteiger partial charge in [0.1, 0.15) is 0 Å². The van der Waals surface area contributed by atoms with Gasteiger partial charge in [-0.2, -0.15) is 0 Å². The van der Waals surface area contributed by atoms with Crippen LogP contribution in [-0.4, -0.2) is 13.6 Å². The van der Waals surface area contributed by atoms with Crippen molar-refractivity contribution >= 4 is 0 Å². The van der Waals surface area contributed by atoms with Gasteiger partial charge in [-0.3, -0.25) is 0 Å². The molecule has 13 heavy (non-hydrogen) atoms. The molecular formula is C12H25N. The summed E-state index contributed by atoms with van der Waals surface area (Å²) in [7, 11) is 2.02. The summed E-state index contributed by atoms with van der Waals surface area (Å²) in [5.74, 6) is 0.885. The third-order valence-electron chi connectivity index (χ3n) is 2.49. The third kappa shape index (κ3) is 9.62. The van der Waals surface area contributed by atoms with Crippen LogP contribution in [0.1, 0.15) is 45.4 Å². The van der Waals surface area contributed by atoms with E-state index in [0.717, 1.165) is 12.5 Å². The molecule has 0 saturated heterocycles. The first-order valence-corrected chi connectivity index (χ1v) is 5.56. The van der Waals surface area contributed by atoms with Crippen molar-refractivity contribution in [1.29, 1.82) is 0 Å². The van der Waals surface area contributed by atoms with Gasteiger partial charge in [0.05, 0.1) is 0 Å². The van der Waals surface area contributed by atoms with Crippen molar-refractivity contribution in [2.45, 2.75) is 45.4 Å². The molecule has 0 heterocycles. The lowest BCUT2D eigenvalue weighted by molar-refractivity contribution is 0.454. The number of hydrogen-bond acceptors (Lipinski definition) is 1. The number of hydrogen-bond donors (Lipinski definition) is 1. The summed E-state index contributed by atoms with van der Waals surface area (Å²) >= 11 is 0. The molecule has 78 valence electrons. The average molecular weight is 183 g/mol. The zero-order valence-electron chi connectivity index (χ0n) is 9.31. The van der Waals surface area contributed by atoms with E-state index in [1.165, 1.54) is 38.5 Å². The Balaban J connectivity index is 3.07. The molecule has 1 atom stereocenters. The predicted molar refractivity (Wildman–Crippen MR) is 61.0 cm³/mol. The molecule has 1 unspecified atom stereocenters. The van der Waals surface area contributed by atoms with Crippen LogP contribution in [0.3, 0.4) is 0 Å².